The Labute approximate surface area is 193 Å². The second-order valence-electron chi connectivity index (χ2n) is 7.26. The summed E-state index contributed by atoms with van der Waals surface area (Å²) >= 11 is 7.64. The van der Waals surface area contributed by atoms with E-state index in [0.29, 0.717) is 22.5 Å². The van der Waals surface area contributed by atoms with E-state index in [1.807, 2.05) is 61.5 Å². The van der Waals surface area contributed by atoms with Crippen molar-refractivity contribution in [3.05, 3.63) is 94.9 Å². The Bertz CT molecular complexity index is 1400. The minimum absolute atomic E-state index is 0.210. The second kappa shape index (κ2) is 8.53. The van der Waals surface area contributed by atoms with Gasteiger partial charge in [-0.05, 0) is 36.2 Å². The lowest BCUT2D eigenvalue weighted by Gasteiger charge is -2.18. The number of fused-ring (bicyclic) bond motifs is 1. The van der Waals surface area contributed by atoms with Crippen LogP contribution in [0.1, 0.15) is 21.6 Å². The lowest BCUT2D eigenvalue weighted by molar-refractivity contribution is 0.0976. The van der Waals surface area contributed by atoms with Crippen molar-refractivity contribution in [1.82, 2.24) is 15.1 Å². The number of hydrogen-bond acceptors (Lipinski definition) is 6. The van der Waals surface area contributed by atoms with Crippen LogP contribution in [-0.4, -0.2) is 21.0 Å². The van der Waals surface area contributed by atoms with Gasteiger partial charge in [-0.1, -0.05) is 64.5 Å². The quantitative estimate of drug-likeness (QED) is 0.314. The van der Waals surface area contributed by atoms with Gasteiger partial charge in [0, 0.05) is 29.0 Å². The third-order valence-corrected chi connectivity index (χ3v) is 6.21. The van der Waals surface area contributed by atoms with Crippen molar-refractivity contribution in [3.63, 3.8) is 0 Å². The molecule has 0 fully saturated rings. The van der Waals surface area contributed by atoms with E-state index in [1.165, 1.54) is 11.3 Å². The summed E-state index contributed by atoms with van der Waals surface area (Å²) < 4.78 is 6.37. The molecule has 8 heteroatoms. The number of aryl methyl sites for hydroxylation is 1. The molecule has 0 aliphatic heterocycles. The third-order valence-electron chi connectivity index (χ3n) is 4.97. The fourth-order valence-electron chi connectivity index (χ4n) is 3.41. The van der Waals surface area contributed by atoms with E-state index in [2.05, 4.69) is 10.1 Å². The van der Waals surface area contributed by atoms with Crippen molar-refractivity contribution in [2.75, 3.05) is 4.90 Å². The van der Waals surface area contributed by atoms with Crippen LogP contribution in [0.5, 0.6) is 0 Å². The molecule has 3 aromatic heterocycles. The molecular weight excluding hydrogens is 444 g/mol. The fraction of sp³-hybridized carbons (Fsp3) is 0.0833. The van der Waals surface area contributed by atoms with Crippen molar-refractivity contribution >= 4 is 44.2 Å². The Morgan fingerprint density at radius 1 is 1.12 bits per heavy atom. The van der Waals surface area contributed by atoms with E-state index in [9.17, 15) is 4.79 Å². The average molecular weight is 461 g/mol. The Balaban J connectivity index is 1.55. The van der Waals surface area contributed by atoms with E-state index in [-0.39, 0.29) is 11.6 Å². The summed E-state index contributed by atoms with van der Waals surface area (Å²) in [6, 6.07) is 18.7. The molecular formula is C24H17ClN4O2S. The molecule has 0 atom stereocenters. The smallest absolute Gasteiger partial charge is 0.282 e. The summed E-state index contributed by atoms with van der Waals surface area (Å²) in [6.07, 6.45) is 3.43. The maximum Gasteiger partial charge on any atom is 0.282 e. The molecule has 5 aromatic rings. The van der Waals surface area contributed by atoms with Gasteiger partial charge in [0.05, 0.1) is 16.8 Å². The summed E-state index contributed by atoms with van der Waals surface area (Å²) in [5.74, 6) is 0.227. The number of nitrogens with zero attached hydrogens (tertiary/aromatic N) is 4. The zero-order valence-corrected chi connectivity index (χ0v) is 18.6. The van der Waals surface area contributed by atoms with Crippen LogP contribution in [0.3, 0.4) is 0 Å². The molecule has 6 nitrogen and oxygen atoms in total. The molecule has 0 N–H and O–H groups in total. The molecule has 2 aromatic carbocycles. The molecule has 0 aliphatic carbocycles. The van der Waals surface area contributed by atoms with E-state index in [4.69, 9.17) is 21.1 Å². The van der Waals surface area contributed by atoms with Crippen LogP contribution in [0.25, 0.3) is 21.5 Å². The first-order valence-corrected chi connectivity index (χ1v) is 11.1. The maximum atomic E-state index is 13.5. The van der Waals surface area contributed by atoms with E-state index >= 15 is 0 Å². The molecule has 3 heterocycles. The molecule has 0 bridgehead atoms. The normalized spacial score (nSPS) is 11.1. The molecule has 0 saturated heterocycles. The van der Waals surface area contributed by atoms with Crippen LogP contribution in [0.2, 0.25) is 5.02 Å². The highest BCUT2D eigenvalue weighted by molar-refractivity contribution is 7.22. The number of pyridine rings is 1. The van der Waals surface area contributed by atoms with Crippen LogP contribution < -0.4 is 4.90 Å². The fourth-order valence-corrected chi connectivity index (χ4v) is 4.83. The number of carbonyl (C=O) groups excluding carboxylic acids is 1. The first-order valence-electron chi connectivity index (χ1n) is 9.88. The van der Waals surface area contributed by atoms with E-state index in [1.54, 1.807) is 23.4 Å². The number of thiazole rings is 1. The van der Waals surface area contributed by atoms with Gasteiger partial charge in [-0.3, -0.25) is 14.7 Å². The Morgan fingerprint density at radius 2 is 1.97 bits per heavy atom. The third kappa shape index (κ3) is 4.00. The average Bonchev–Trinajstić information content (AvgIpc) is 3.46. The van der Waals surface area contributed by atoms with Crippen molar-refractivity contribution in [2.45, 2.75) is 13.5 Å². The number of halogens is 1. The van der Waals surface area contributed by atoms with Gasteiger partial charge in [-0.2, -0.15) is 0 Å². The minimum Gasteiger partial charge on any atom is -0.355 e. The number of hydrogen-bond donors (Lipinski definition) is 0. The van der Waals surface area contributed by atoms with Crippen LogP contribution in [-0.2, 0) is 6.54 Å². The molecule has 0 radical (unpaired) electrons. The Hall–Kier alpha value is -3.55. The highest BCUT2D eigenvalue weighted by atomic mass is 35.5. The van der Waals surface area contributed by atoms with Crippen LogP contribution in [0.15, 0.2) is 77.6 Å². The molecule has 32 heavy (non-hydrogen) atoms. The first kappa shape index (κ1) is 20.4. The molecule has 0 spiro atoms. The molecule has 1 amide bonds. The molecule has 5 rings (SSSR count). The van der Waals surface area contributed by atoms with Gasteiger partial charge in [-0.15, -0.1) is 0 Å². The summed E-state index contributed by atoms with van der Waals surface area (Å²) in [7, 11) is 0. The van der Waals surface area contributed by atoms with Gasteiger partial charge in [0.1, 0.15) is 0 Å². The monoisotopic (exact) mass is 460 g/mol. The zero-order chi connectivity index (χ0) is 22.1. The highest BCUT2D eigenvalue weighted by Crippen LogP contribution is 2.34. The summed E-state index contributed by atoms with van der Waals surface area (Å²) in [4.78, 5) is 24.1. The van der Waals surface area contributed by atoms with E-state index in [0.717, 1.165) is 26.9 Å². The first-order chi connectivity index (χ1) is 15.6. The minimum atomic E-state index is -0.303. The number of carbonyl (C=O) groups is 1. The van der Waals surface area contributed by atoms with Gasteiger partial charge in [0.25, 0.3) is 5.91 Å². The predicted octanol–water partition coefficient (Wildman–Crippen LogP) is 6.16. The van der Waals surface area contributed by atoms with Gasteiger partial charge in [0.15, 0.2) is 16.6 Å². The number of anilines is 1. The SMILES string of the molecule is Cc1cc(Cl)cc2sc(N(Cc3cccnc3)C(=O)c3cc(-c4ccccc4)on3)nc12. The molecule has 0 aliphatic rings. The second-order valence-corrected chi connectivity index (χ2v) is 8.71. The number of aromatic nitrogens is 3. The lowest BCUT2D eigenvalue weighted by Crippen LogP contribution is -2.30. The van der Waals surface area contributed by atoms with Crippen molar-refractivity contribution in [2.24, 2.45) is 0 Å². The Kier molecular flexibility index (Phi) is 5.43. The maximum absolute atomic E-state index is 13.5. The summed E-state index contributed by atoms with van der Waals surface area (Å²) in [6.45, 7) is 2.25. The topological polar surface area (TPSA) is 72.1 Å². The van der Waals surface area contributed by atoms with Gasteiger partial charge in [-0.25, -0.2) is 4.98 Å². The standard InChI is InChI=1S/C24H17ClN4O2S/c1-15-10-18(25)11-21-22(15)27-24(32-21)29(14-16-6-5-9-26-13-16)23(30)19-12-20(31-28-19)17-7-3-2-4-8-17/h2-13H,14H2,1H3. The number of amides is 1. The van der Waals surface area contributed by atoms with Crippen molar-refractivity contribution in [1.29, 1.82) is 0 Å². The van der Waals surface area contributed by atoms with Crippen molar-refractivity contribution < 1.29 is 9.32 Å². The van der Waals surface area contributed by atoms with Gasteiger partial charge < -0.3 is 4.52 Å². The predicted molar refractivity (Wildman–Crippen MR) is 126 cm³/mol. The van der Waals surface area contributed by atoms with Gasteiger partial charge >= 0.3 is 0 Å². The molecule has 0 saturated carbocycles. The highest BCUT2D eigenvalue weighted by Gasteiger charge is 2.25. The van der Waals surface area contributed by atoms with Crippen LogP contribution in [0, 0.1) is 6.92 Å². The largest absolute Gasteiger partial charge is 0.355 e. The van der Waals surface area contributed by atoms with Crippen LogP contribution >= 0.6 is 22.9 Å². The number of rotatable bonds is 5. The Morgan fingerprint density at radius 3 is 2.75 bits per heavy atom. The molecule has 158 valence electrons. The van der Waals surface area contributed by atoms with Crippen molar-refractivity contribution in [3.8, 4) is 11.3 Å². The zero-order valence-electron chi connectivity index (χ0n) is 17.0. The van der Waals surface area contributed by atoms with Gasteiger partial charge in [0.2, 0.25) is 0 Å². The molecule has 0 unspecified atom stereocenters. The summed E-state index contributed by atoms with van der Waals surface area (Å²) in [5.41, 5.74) is 3.71. The van der Waals surface area contributed by atoms with Crippen LogP contribution in [0.4, 0.5) is 5.13 Å². The number of benzene rings is 2. The lowest BCUT2D eigenvalue weighted by atomic mass is 10.1. The van der Waals surface area contributed by atoms with E-state index < -0.39 is 0 Å². The summed E-state index contributed by atoms with van der Waals surface area (Å²) in [5, 5.41) is 5.24.